The van der Waals surface area contributed by atoms with Crippen molar-refractivity contribution in [2.24, 2.45) is 29.6 Å². The first kappa shape index (κ1) is 13.8. The fourth-order valence-corrected chi connectivity index (χ4v) is 4.45. The summed E-state index contributed by atoms with van der Waals surface area (Å²) < 4.78 is 11.3. The van der Waals surface area contributed by atoms with Crippen LogP contribution >= 0.6 is 0 Å². The maximum Gasteiger partial charge on any atom is 0.309 e. The maximum absolute atomic E-state index is 12.1. The predicted octanol–water partition coefficient (Wildman–Crippen LogP) is 1.98. The highest BCUT2D eigenvalue weighted by Crippen LogP contribution is 2.52. The van der Waals surface area contributed by atoms with Crippen LogP contribution in [0.1, 0.15) is 26.7 Å². The Morgan fingerprint density at radius 2 is 1.85 bits per heavy atom. The van der Waals surface area contributed by atoms with Gasteiger partial charge in [-0.1, -0.05) is 26.0 Å². The number of ketones is 1. The van der Waals surface area contributed by atoms with Gasteiger partial charge in [0.1, 0.15) is 11.9 Å². The summed E-state index contributed by atoms with van der Waals surface area (Å²) >= 11 is 0. The number of rotatable bonds is 1. The molecule has 0 radical (unpaired) electrons. The monoisotopic (exact) mass is 278 g/mol. The molecule has 0 amide bonds. The van der Waals surface area contributed by atoms with Crippen LogP contribution < -0.4 is 0 Å². The lowest BCUT2D eigenvalue weighted by molar-refractivity contribution is -0.147. The first-order valence-corrected chi connectivity index (χ1v) is 7.39. The summed E-state index contributed by atoms with van der Waals surface area (Å²) in [6.07, 6.45) is 1.02. The van der Waals surface area contributed by atoms with Gasteiger partial charge in [0.25, 0.3) is 0 Å². The van der Waals surface area contributed by atoms with E-state index in [1.807, 2.05) is 13.8 Å². The maximum atomic E-state index is 12.1. The normalized spacial score (nSPS) is 47.8. The summed E-state index contributed by atoms with van der Waals surface area (Å²) in [5.74, 6) is 0.147. The van der Waals surface area contributed by atoms with Gasteiger partial charge in [-0.05, 0) is 12.3 Å². The Labute approximate surface area is 119 Å². The second kappa shape index (κ2) is 4.69. The lowest BCUT2D eigenvalue weighted by Gasteiger charge is -2.30. The molecule has 7 unspecified atom stereocenters. The van der Waals surface area contributed by atoms with Gasteiger partial charge in [0.2, 0.25) is 0 Å². The summed E-state index contributed by atoms with van der Waals surface area (Å²) in [4.78, 5) is 24.1. The highest BCUT2D eigenvalue weighted by atomic mass is 16.6. The Balaban J connectivity index is 2.03. The average Bonchev–Trinajstić information content (AvgIpc) is 2.82. The Kier molecular flexibility index (Phi) is 3.24. The molecule has 20 heavy (non-hydrogen) atoms. The summed E-state index contributed by atoms with van der Waals surface area (Å²) in [6, 6.07) is 0. The molecular weight excluding hydrogens is 256 g/mol. The third kappa shape index (κ3) is 1.77. The molecule has 1 aliphatic heterocycles. The van der Waals surface area contributed by atoms with Crippen molar-refractivity contribution in [2.45, 2.75) is 38.9 Å². The highest BCUT2D eigenvalue weighted by molar-refractivity contribution is 5.84. The third-order valence-electron chi connectivity index (χ3n) is 5.65. The highest BCUT2D eigenvalue weighted by Gasteiger charge is 2.58. The molecule has 4 nitrogen and oxygen atoms in total. The van der Waals surface area contributed by atoms with Crippen molar-refractivity contribution in [3.05, 3.63) is 12.2 Å². The minimum atomic E-state index is -0.201. The Hall–Kier alpha value is -1.16. The minimum Gasteiger partial charge on any atom is -0.461 e. The number of carbonyl (C=O) groups excluding carboxylic acids is 2. The van der Waals surface area contributed by atoms with Crippen LogP contribution in [0.3, 0.4) is 0 Å². The average molecular weight is 278 g/mol. The van der Waals surface area contributed by atoms with E-state index in [9.17, 15) is 9.59 Å². The second-order valence-electron chi connectivity index (χ2n) is 6.55. The van der Waals surface area contributed by atoms with Crippen LogP contribution in [0.5, 0.6) is 0 Å². The van der Waals surface area contributed by atoms with Crippen LogP contribution in [0.2, 0.25) is 0 Å². The van der Waals surface area contributed by atoms with Crippen molar-refractivity contribution < 1.29 is 19.1 Å². The van der Waals surface area contributed by atoms with Crippen LogP contribution in [-0.4, -0.2) is 31.1 Å². The molecule has 110 valence electrons. The van der Waals surface area contributed by atoms with Crippen molar-refractivity contribution in [2.75, 3.05) is 7.11 Å². The van der Waals surface area contributed by atoms with Crippen LogP contribution in [0.15, 0.2) is 12.2 Å². The zero-order chi connectivity index (χ0) is 14.6. The van der Waals surface area contributed by atoms with Gasteiger partial charge in [-0.25, -0.2) is 0 Å². The van der Waals surface area contributed by atoms with Crippen LogP contribution in [0, 0.1) is 29.6 Å². The third-order valence-corrected chi connectivity index (χ3v) is 5.65. The van der Waals surface area contributed by atoms with Gasteiger partial charge in [0, 0.05) is 31.3 Å². The molecule has 1 heterocycles. The molecule has 3 rings (SSSR count). The summed E-state index contributed by atoms with van der Waals surface area (Å²) in [5, 5.41) is 0. The van der Waals surface area contributed by atoms with Crippen molar-refractivity contribution >= 4 is 11.8 Å². The van der Waals surface area contributed by atoms with Gasteiger partial charge in [0.05, 0.1) is 12.0 Å². The SMILES string of the molecule is C=C1CC(OC)C2C(C)C(=O)OC2C2C(C)C(=O)CC12. The molecule has 0 bridgehead atoms. The zero-order valence-electron chi connectivity index (χ0n) is 12.3. The van der Waals surface area contributed by atoms with Crippen molar-refractivity contribution in [3.63, 3.8) is 0 Å². The Morgan fingerprint density at radius 1 is 1.15 bits per heavy atom. The molecule has 0 aromatic carbocycles. The molecular formula is C16H22O4. The van der Waals surface area contributed by atoms with Gasteiger partial charge < -0.3 is 9.47 Å². The van der Waals surface area contributed by atoms with E-state index in [4.69, 9.17) is 9.47 Å². The summed E-state index contributed by atoms with van der Waals surface area (Å²) in [6.45, 7) is 8.05. The number of fused-ring (bicyclic) bond motifs is 3. The lowest BCUT2D eigenvalue weighted by Crippen LogP contribution is -2.38. The fourth-order valence-electron chi connectivity index (χ4n) is 4.45. The first-order valence-electron chi connectivity index (χ1n) is 7.39. The summed E-state index contributed by atoms with van der Waals surface area (Å²) in [5.41, 5.74) is 1.08. The molecule has 3 fully saturated rings. The van der Waals surface area contributed by atoms with E-state index in [1.54, 1.807) is 7.11 Å². The van der Waals surface area contributed by atoms with E-state index in [2.05, 4.69) is 6.58 Å². The van der Waals surface area contributed by atoms with Gasteiger partial charge >= 0.3 is 5.97 Å². The number of carbonyl (C=O) groups is 2. The number of Topliss-reactive ketones (excluding diaryl/α,β-unsaturated/α-hetero) is 1. The standard InChI is InChI=1S/C16H22O4/c1-7-5-12(19-4)14-9(3)16(18)20-15(14)13-8(2)11(17)6-10(7)13/h8-10,12-15H,1,5-6H2,2-4H3. The second-order valence-corrected chi connectivity index (χ2v) is 6.55. The molecule has 0 aromatic heterocycles. The quantitative estimate of drug-likeness (QED) is 0.543. The van der Waals surface area contributed by atoms with Crippen molar-refractivity contribution in [3.8, 4) is 0 Å². The molecule has 7 atom stereocenters. The summed E-state index contributed by atoms with van der Waals surface area (Å²) in [7, 11) is 1.68. The van der Waals surface area contributed by atoms with Gasteiger partial charge in [-0.2, -0.15) is 0 Å². The molecule has 4 heteroatoms. The predicted molar refractivity (Wildman–Crippen MR) is 72.9 cm³/mol. The van der Waals surface area contributed by atoms with E-state index in [0.29, 0.717) is 6.42 Å². The van der Waals surface area contributed by atoms with Gasteiger partial charge in [-0.3, -0.25) is 9.59 Å². The molecule has 1 saturated heterocycles. The zero-order valence-corrected chi connectivity index (χ0v) is 12.3. The fraction of sp³-hybridized carbons (Fsp3) is 0.750. The molecule has 0 aromatic rings. The Bertz CT molecular complexity index is 469. The number of methoxy groups -OCH3 is 1. The molecule has 0 N–H and O–H groups in total. The number of hydrogen-bond donors (Lipinski definition) is 0. The van der Waals surface area contributed by atoms with E-state index in [1.165, 1.54) is 0 Å². The minimum absolute atomic E-state index is 0.0348. The van der Waals surface area contributed by atoms with Crippen molar-refractivity contribution in [1.82, 2.24) is 0 Å². The molecule has 2 saturated carbocycles. The smallest absolute Gasteiger partial charge is 0.309 e. The first-order chi connectivity index (χ1) is 9.45. The van der Waals surface area contributed by atoms with E-state index in [-0.39, 0.29) is 53.6 Å². The number of hydrogen-bond acceptors (Lipinski definition) is 4. The van der Waals surface area contributed by atoms with E-state index < -0.39 is 0 Å². The largest absolute Gasteiger partial charge is 0.461 e. The molecule has 2 aliphatic carbocycles. The molecule has 3 aliphatic rings. The van der Waals surface area contributed by atoms with Crippen LogP contribution in [0.4, 0.5) is 0 Å². The van der Waals surface area contributed by atoms with Gasteiger partial charge in [-0.15, -0.1) is 0 Å². The lowest BCUT2D eigenvalue weighted by atomic mass is 9.77. The van der Waals surface area contributed by atoms with E-state index >= 15 is 0 Å². The molecule has 0 spiro atoms. The van der Waals surface area contributed by atoms with Gasteiger partial charge in [0.15, 0.2) is 0 Å². The topological polar surface area (TPSA) is 52.6 Å². The number of ether oxygens (including phenoxy) is 2. The number of esters is 1. The van der Waals surface area contributed by atoms with E-state index in [0.717, 1.165) is 12.0 Å². The van der Waals surface area contributed by atoms with Crippen molar-refractivity contribution in [1.29, 1.82) is 0 Å². The Morgan fingerprint density at radius 3 is 2.50 bits per heavy atom. The van der Waals surface area contributed by atoms with Crippen LogP contribution in [0.25, 0.3) is 0 Å². The van der Waals surface area contributed by atoms with Crippen LogP contribution in [-0.2, 0) is 19.1 Å².